The zero-order valence-corrected chi connectivity index (χ0v) is 11.1. The van der Waals surface area contributed by atoms with Crippen LogP contribution in [0.4, 0.5) is 0 Å². The van der Waals surface area contributed by atoms with Crippen LogP contribution in [0, 0.1) is 6.92 Å². The van der Waals surface area contributed by atoms with Gasteiger partial charge in [-0.2, -0.15) is 11.8 Å². The molecule has 1 aliphatic rings. The van der Waals surface area contributed by atoms with E-state index in [1.54, 1.807) is 0 Å². The van der Waals surface area contributed by atoms with E-state index in [4.69, 9.17) is 0 Å². The number of hydrogen-bond acceptors (Lipinski definition) is 4. The van der Waals surface area contributed by atoms with Crippen molar-refractivity contribution in [2.24, 2.45) is 0 Å². The molecule has 0 atom stereocenters. The van der Waals surface area contributed by atoms with E-state index in [-0.39, 0.29) is 0 Å². The Kier molecular flexibility index (Phi) is 4.42. The Morgan fingerprint density at radius 3 is 2.94 bits per heavy atom. The standard InChI is InChI=1S/C13H20N2OS/c1-11-12(3-2-6-15-11)9-14-10-13(16)4-7-17-8-5-13/h2-3,6,14,16H,4-5,7-10H2,1H3. The average Bonchev–Trinajstić information content (AvgIpc) is 2.32. The highest BCUT2D eigenvalue weighted by atomic mass is 32.2. The Hall–Kier alpha value is -0.580. The fourth-order valence-electron chi connectivity index (χ4n) is 2.06. The molecule has 3 nitrogen and oxygen atoms in total. The van der Waals surface area contributed by atoms with Crippen LogP contribution < -0.4 is 5.32 Å². The fourth-order valence-corrected chi connectivity index (χ4v) is 3.32. The van der Waals surface area contributed by atoms with Gasteiger partial charge in [0.1, 0.15) is 0 Å². The van der Waals surface area contributed by atoms with Crippen molar-refractivity contribution >= 4 is 11.8 Å². The van der Waals surface area contributed by atoms with Gasteiger partial charge in [0.25, 0.3) is 0 Å². The third kappa shape index (κ3) is 3.69. The van der Waals surface area contributed by atoms with Crippen molar-refractivity contribution in [2.75, 3.05) is 18.1 Å². The minimum Gasteiger partial charge on any atom is -0.389 e. The summed E-state index contributed by atoms with van der Waals surface area (Å²) in [4.78, 5) is 4.26. The molecule has 2 rings (SSSR count). The molecule has 1 aromatic rings. The van der Waals surface area contributed by atoms with E-state index < -0.39 is 5.60 Å². The Bertz CT molecular complexity index is 364. The number of aromatic nitrogens is 1. The van der Waals surface area contributed by atoms with Gasteiger partial charge in [0.05, 0.1) is 5.60 Å². The summed E-state index contributed by atoms with van der Waals surface area (Å²) < 4.78 is 0. The molecule has 0 amide bonds. The van der Waals surface area contributed by atoms with E-state index in [1.807, 2.05) is 30.9 Å². The van der Waals surface area contributed by atoms with Gasteiger partial charge in [0.15, 0.2) is 0 Å². The van der Waals surface area contributed by atoms with Crippen molar-refractivity contribution in [3.63, 3.8) is 0 Å². The van der Waals surface area contributed by atoms with Crippen LogP contribution in [0.1, 0.15) is 24.1 Å². The number of nitrogens with zero attached hydrogens (tertiary/aromatic N) is 1. The minimum absolute atomic E-state index is 0.499. The molecule has 0 radical (unpaired) electrons. The zero-order valence-electron chi connectivity index (χ0n) is 10.3. The smallest absolute Gasteiger partial charge is 0.0787 e. The summed E-state index contributed by atoms with van der Waals surface area (Å²) in [7, 11) is 0. The van der Waals surface area contributed by atoms with E-state index in [9.17, 15) is 5.11 Å². The predicted molar refractivity (Wildman–Crippen MR) is 72.2 cm³/mol. The number of pyridine rings is 1. The largest absolute Gasteiger partial charge is 0.389 e. The van der Waals surface area contributed by atoms with Crippen LogP contribution in [-0.2, 0) is 6.54 Å². The molecule has 2 heterocycles. The van der Waals surface area contributed by atoms with Crippen molar-refractivity contribution in [3.8, 4) is 0 Å². The lowest BCUT2D eigenvalue weighted by atomic mass is 9.97. The number of hydrogen-bond donors (Lipinski definition) is 2. The Morgan fingerprint density at radius 2 is 2.24 bits per heavy atom. The second-order valence-corrected chi connectivity index (χ2v) is 5.91. The van der Waals surface area contributed by atoms with Crippen molar-refractivity contribution in [2.45, 2.75) is 31.9 Å². The van der Waals surface area contributed by atoms with Crippen LogP contribution in [0.2, 0.25) is 0 Å². The molecule has 94 valence electrons. The second-order valence-electron chi connectivity index (χ2n) is 4.69. The topological polar surface area (TPSA) is 45.2 Å². The van der Waals surface area contributed by atoms with E-state index in [1.165, 1.54) is 5.56 Å². The molecular weight excluding hydrogens is 232 g/mol. The summed E-state index contributed by atoms with van der Waals surface area (Å²) in [5.41, 5.74) is 1.77. The predicted octanol–water partition coefficient (Wildman–Crippen LogP) is 1.74. The van der Waals surface area contributed by atoms with E-state index in [2.05, 4.69) is 16.4 Å². The molecular formula is C13H20N2OS. The monoisotopic (exact) mass is 252 g/mol. The van der Waals surface area contributed by atoms with Crippen LogP contribution in [0.15, 0.2) is 18.3 Å². The second kappa shape index (κ2) is 5.85. The maximum atomic E-state index is 10.3. The molecule has 1 aliphatic heterocycles. The van der Waals surface area contributed by atoms with Crippen LogP contribution in [-0.4, -0.2) is 33.7 Å². The van der Waals surface area contributed by atoms with Crippen molar-refractivity contribution < 1.29 is 5.11 Å². The van der Waals surface area contributed by atoms with Crippen LogP contribution >= 0.6 is 11.8 Å². The lowest BCUT2D eigenvalue weighted by Crippen LogP contribution is -2.43. The summed E-state index contributed by atoms with van der Waals surface area (Å²) in [5, 5.41) is 13.7. The lowest BCUT2D eigenvalue weighted by molar-refractivity contribution is 0.0320. The van der Waals surface area contributed by atoms with Crippen molar-refractivity contribution in [3.05, 3.63) is 29.6 Å². The molecule has 2 N–H and O–H groups in total. The van der Waals surface area contributed by atoms with Gasteiger partial charge in [0, 0.05) is 25.0 Å². The van der Waals surface area contributed by atoms with E-state index in [0.717, 1.165) is 36.6 Å². The van der Waals surface area contributed by atoms with Gasteiger partial charge in [-0.05, 0) is 42.9 Å². The molecule has 0 saturated carbocycles. The Morgan fingerprint density at radius 1 is 1.47 bits per heavy atom. The molecule has 0 bridgehead atoms. The SMILES string of the molecule is Cc1ncccc1CNCC1(O)CCSCC1. The Balaban J connectivity index is 1.81. The van der Waals surface area contributed by atoms with Gasteiger partial charge in [-0.15, -0.1) is 0 Å². The molecule has 1 saturated heterocycles. The fraction of sp³-hybridized carbons (Fsp3) is 0.615. The number of nitrogens with one attached hydrogen (secondary N) is 1. The maximum absolute atomic E-state index is 10.3. The zero-order chi connectivity index (χ0) is 12.1. The first-order chi connectivity index (χ1) is 8.20. The Labute approximate surface area is 107 Å². The quantitative estimate of drug-likeness (QED) is 0.857. The van der Waals surface area contributed by atoms with Crippen molar-refractivity contribution in [1.82, 2.24) is 10.3 Å². The van der Waals surface area contributed by atoms with Crippen LogP contribution in [0.5, 0.6) is 0 Å². The highest BCUT2D eigenvalue weighted by Gasteiger charge is 2.28. The molecule has 0 aliphatic carbocycles. The average molecular weight is 252 g/mol. The maximum Gasteiger partial charge on any atom is 0.0787 e. The number of aryl methyl sites for hydroxylation is 1. The van der Waals surface area contributed by atoms with Gasteiger partial charge in [-0.3, -0.25) is 4.98 Å². The summed E-state index contributed by atoms with van der Waals surface area (Å²) in [6, 6.07) is 4.03. The summed E-state index contributed by atoms with van der Waals surface area (Å²) in [5.74, 6) is 2.15. The van der Waals surface area contributed by atoms with Crippen LogP contribution in [0.25, 0.3) is 0 Å². The highest BCUT2D eigenvalue weighted by molar-refractivity contribution is 7.99. The summed E-state index contributed by atoms with van der Waals surface area (Å²) in [6.45, 7) is 3.49. The van der Waals surface area contributed by atoms with Crippen molar-refractivity contribution in [1.29, 1.82) is 0 Å². The summed E-state index contributed by atoms with van der Waals surface area (Å²) >= 11 is 1.93. The molecule has 0 aromatic carbocycles. The molecule has 1 aromatic heterocycles. The third-order valence-corrected chi connectivity index (χ3v) is 4.30. The summed E-state index contributed by atoms with van der Waals surface area (Å²) in [6.07, 6.45) is 3.61. The van der Waals surface area contributed by atoms with Gasteiger partial charge in [0.2, 0.25) is 0 Å². The number of thioether (sulfide) groups is 1. The van der Waals surface area contributed by atoms with E-state index in [0.29, 0.717) is 6.54 Å². The number of aliphatic hydroxyl groups is 1. The first kappa shape index (κ1) is 12.9. The van der Waals surface area contributed by atoms with E-state index >= 15 is 0 Å². The molecule has 4 heteroatoms. The first-order valence-electron chi connectivity index (χ1n) is 6.11. The molecule has 1 fully saturated rings. The molecule has 0 unspecified atom stereocenters. The van der Waals surface area contributed by atoms with Gasteiger partial charge >= 0.3 is 0 Å². The van der Waals surface area contributed by atoms with Gasteiger partial charge in [-0.1, -0.05) is 6.07 Å². The highest BCUT2D eigenvalue weighted by Crippen LogP contribution is 2.26. The lowest BCUT2D eigenvalue weighted by Gasteiger charge is -2.32. The van der Waals surface area contributed by atoms with Crippen LogP contribution in [0.3, 0.4) is 0 Å². The van der Waals surface area contributed by atoms with Gasteiger partial charge < -0.3 is 10.4 Å². The molecule has 0 spiro atoms. The van der Waals surface area contributed by atoms with Gasteiger partial charge in [-0.25, -0.2) is 0 Å². The molecule has 17 heavy (non-hydrogen) atoms. The minimum atomic E-state index is -0.499. The first-order valence-corrected chi connectivity index (χ1v) is 7.26. The third-order valence-electron chi connectivity index (χ3n) is 3.31. The number of rotatable bonds is 4. The normalized spacial score (nSPS) is 19.2.